The summed E-state index contributed by atoms with van der Waals surface area (Å²) in [5, 5.41) is 0. The van der Waals surface area contributed by atoms with Crippen molar-refractivity contribution in [2.75, 3.05) is 13.2 Å². The molecule has 1 saturated heterocycles. The minimum atomic E-state index is -0.424. The highest BCUT2D eigenvalue weighted by Gasteiger charge is 2.35. The van der Waals surface area contributed by atoms with Crippen molar-refractivity contribution in [3.05, 3.63) is 35.4 Å². The number of carbonyl (C=O) groups excluding carboxylic acids is 2. The number of hydrogen-bond donors (Lipinski definition) is 0. The predicted molar refractivity (Wildman–Crippen MR) is 104 cm³/mol. The first-order chi connectivity index (χ1) is 12.6. The topological polar surface area (TPSA) is 46.6 Å². The molecule has 4 nitrogen and oxygen atoms in total. The molecule has 1 aromatic carbocycles. The van der Waals surface area contributed by atoms with Crippen LogP contribution in [0.1, 0.15) is 80.6 Å². The maximum absolute atomic E-state index is 12.7. The second kappa shape index (κ2) is 11.0. The van der Waals surface area contributed by atoms with Crippen molar-refractivity contribution >= 4 is 11.9 Å². The molecule has 1 unspecified atom stereocenters. The van der Waals surface area contributed by atoms with Crippen LogP contribution in [-0.4, -0.2) is 36.0 Å². The van der Waals surface area contributed by atoms with E-state index in [9.17, 15) is 9.59 Å². The van der Waals surface area contributed by atoms with Gasteiger partial charge in [-0.05, 0) is 38.3 Å². The molecule has 1 atom stereocenters. The van der Waals surface area contributed by atoms with Crippen LogP contribution >= 0.6 is 0 Å². The van der Waals surface area contributed by atoms with Gasteiger partial charge in [-0.15, -0.1) is 0 Å². The third-order valence-corrected chi connectivity index (χ3v) is 5.04. The molecule has 0 N–H and O–H groups in total. The van der Waals surface area contributed by atoms with Crippen LogP contribution in [0, 0.1) is 6.92 Å². The molecule has 144 valence electrons. The molecule has 0 spiro atoms. The maximum atomic E-state index is 12.7. The van der Waals surface area contributed by atoms with Gasteiger partial charge in [0.1, 0.15) is 6.04 Å². The second-order valence-corrected chi connectivity index (χ2v) is 7.31. The standard InChI is InChI=1S/C22H33NO3/c1-3-4-5-6-7-8-9-16-26-22(25)20-14-11-15-23(20)21(24)19-13-10-12-18(2)17-19/h10,12-13,17,20H,3-9,11,14-16H2,1-2H3. The summed E-state index contributed by atoms with van der Waals surface area (Å²) in [6.45, 7) is 5.28. The van der Waals surface area contributed by atoms with Crippen LogP contribution in [0.5, 0.6) is 0 Å². The number of aryl methyl sites for hydroxylation is 1. The zero-order valence-electron chi connectivity index (χ0n) is 16.3. The van der Waals surface area contributed by atoms with Gasteiger partial charge in [0.2, 0.25) is 0 Å². The first-order valence-corrected chi connectivity index (χ1v) is 10.2. The van der Waals surface area contributed by atoms with Gasteiger partial charge >= 0.3 is 5.97 Å². The average molecular weight is 360 g/mol. The van der Waals surface area contributed by atoms with Gasteiger partial charge in [-0.1, -0.05) is 63.1 Å². The molecule has 1 heterocycles. The van der Waals surface area contributed by atoms with Crippen molar-refractivity contribution in [1.82, 2.24) is 4.90 Å². The Hall–Kier alpha value is -1.84. The summed E-state index contributed by atoms with van der Waals surface area (Å²) in [5.74, 6) is -0.307. The Bertz CT molecular complexity index is 585. The molecule has 0 bridgehead atoms. The summed E-state index contributed by atoms with van der Waals surface area (Å²) in [6.07, 6.45) is 9.92. The van der Waals surface area contributed by atoms with Crippen LogP contribution < -0.4 is 0 Å². The lowest BCUT2D eigenvalue weighted by molar-refractivity contribution is -0.148. The van der Waals surface area contributed by atoms with Gasteiger partial charge in [-0.2, -0.15) is 0 Å². The Morgan fingerprint density at radius 1 is 1.12 bits per heavy atom. The van der Waals surface area contributed by atoms with Gasteiger partial charge in [0, 0.05) is 12.1 Å². The highest BCUT2D eigenvalue weighted by Crippen LogP contribution is 2.22. The van der Waals surface area contributed by atoms with E-state index >= 15 is 0 Å². The van der Waals surface area contributed by atoms with Crippen molar-refractivity contribution in [2.45, 2.75) is 77.7 Å². The monoisotopic (exact) mass is 359 g/mol. The van der Waals surface area contributed by atoms with E-state index in [0.717, 1.165) is 24.8 Å². The predicted octanol–water partition coefficient (Wildman–Crippen LogP) is 4.89. The molecule has 4 heteroatoms. The Labute approximate surface area is 157 Å². The van der Waals surface area contributed by atoms with E-state index < -0.39 is 6.04 Å². The van der Waals surface area contributed by atoms with Gasteiger partial charge < -0.3 is 9.64 Å². The van der Waals surface area contributed by atoms with E-state index in [1.807, 2.05) is 31.2 Å². The lowest BCUT2D eigenvalue weighted by Gasteiger charge is -2.23. The third kappa shape index (κ3) is 6.15. The fraction of sp³-hybridized carbons (Fsp3) is 0.636. The van der Waals surface area contributed by atoms with Crippen LogP contribution in [0.2, 0.25) is 0 Å². The summed E-state index contributed by atoms with van der Waals surface area (Å²) in [4.78, 5) is 26.8. The van der Waals surface area contributed by atoms with Crippen molar-refractivity contribution in [2.24, 2.45) is 0 Å². The number of amides is 1. The number of hydrogen-bond acceptors (Lipinski definition) is 3. The number of ether oxygens (including phenoxy) is 1. The molecule has 1 fully saturated rings. The van der Waals surface area contributed by atoms with Crippen LogP contribution in [0.15, 0.2) is 24.3 Å². The zero-order chi connectivity index (χ0) is 18.8. The van der Waals surface area contributed by atoms with E-state index in [-0.39, 0.29) is 11.9 Å². The van der Waals surface area contributed by atoms with Gasteiger partial charge in [0.25, 0.3) is 5.91 Å². The van der Waals surface area contributed by atoms with Crippen LogP contribution in [0.4, 0.5) is 0 Å². The maximum Gasteiger partial charge on any atom is 0.328 e. The van der Waals surface area contributed by atoms with E-state index in [1.54, 1.807) is 4.90 Å². The number of esters is 1. The molecule has 1 aliphatic rings. The minimum Gasteiger partial charge on any atom is -0.464 e. The highest BCUT2D eigenvalue weighted by molar-refractivity contribution is 5.97. The molecule has 0 radical (unpaired) electrons. The average Bonchev–Trinajstić information content (AvgIpc) is 3.13. The van der Waals surface area contributed by atoms with Crippen LogP contribution in [0.3, 0.4) is 0 Å². The number of likely N-dealkylation sites (tertiary alicyclic amines) is 1. The summed E-state index contributed by atoms with van der Waals surface area (Å²) in [6, 6.07) is 7.12. The largest absolute Gasteiger partial charge is 0.464 e. The number of unbranched alkanes of at least 4 members (excludes halogenated alkanes) is 6. The minimum absolute atomic E-state index is 0.0657. The van der Waals surface area contributed by atoms with Gasteiger partial charge in [-0.25, -0.2) is 4.79 Å². The van der Waals surface area contributed by atoms with Gasteiger partial charge in [0.15, 0.2) is 0 Å². The molecule has 26 heavy (non-hydrogen) atoms. The Kier molecular flexibility index (Phi) is 8.66. The number of carbonyl (C=O) groups is 2. The van der Waals surface area contributed by atoms with Crippen molar-refractivity contribution < 1.29 is 14.3 Å². The zero-order valence-corrected chi connectivity index (χ0v) is 16.3. The first kappa shape index (κ1) is 20.5. The Morgan fingerprint density at radius 2 is 1.85 bits per heavy atom. The van der Waals surface area contributed by atoms with E-state index in [0.29, 0.717) is 25.1 Å². The lowest BCUT2D eigenvalue weighted by Crippen LogP contribution is -2.41. The lowest BCUT2D eigenvalue weighted by atomic mass is 10.1. The molecule has 1 amide bonds. The van der Waals surface area contributed by atoms with E-state index in [4.69, 9.17) is 4.74 Å². The number of rotatable bonds is 10. The Morgan fingerprint density at radius 3 is 2.58 bits per heavy atom. The van der Waals surface area contributed by atoms with Gasteiger partial charge in [-0.3, -0.25) is 4.79 Å². The summed E-state index contributed by atoms with van der Waals surface area (Å²) < 4.78 is 5.46. The fourth-order valence-corrected chi connectivity index (χ4v) is 3.53. The molecular formula is C22H33NO3. The summed E-state index contributed by atoms with van der Waals surface area (Å²) in [7, 11) is 0. The van der Waals surface area contributed by atoms with E-state index in [1.165, 1.54) is 32.1 Å². The summed E-state index contributed by atoms with van der Waals surface area (Å²) >= 11 is 0. The molecule has 0 aliphatic carbocycles. The van der Waals surface area contributed by atoms with E-state index in [2.05, 4.69) is 6.92 Å². The van der Waals surface area contributed by atoms with Crippen LogP contribution in [0.25, 0.3) is 0 Å². The first-order valence-electron chi connectivity index (χ1n) is 10.2. The second-order valence-electron chi connectivity index (χ2n) is 7.31. The number of nitrogens with zero attached hydrogens (tertiary/aromatic N) is 1. The molecular weight excluding hydrogens is 326 g/mol. The normalized spacial score (nSPS) is 16.7. The van der Waals surface area contributed by atoms with Crippen molar-refractivity contribution in [3.63, 3.8) is 0 Å². The summed E-state index contributed by atoms with van der Waals surface area (Å²) in [5.41, 5.74) is 1.70. The molecule has 1 aromatic rings. The molecule has 2 rings (SSSR count). The third-order valence-electron chi connectivity index (χ3n) is 5.04. The molecule has 1 aliphatic heterocycles. The molecule has 0 aromatic heterocycles. The fourth-order valence-electron chi connectivity index (χ4n) is 3.53. The van der Waals surface area contributed by atoms with Gasteiger partial charge in [0.05, 0.1) is 6.61 Å². The smallest absolute Gasteiger partial charge is 0.328 e. The molecule has 0 saturated carbocycles. The quantitative estimate of drug-likeness (QED) is 0.441. The van der Waals surface area contributed by atoms with Crippen molar-refractivity contribution in [3.8, 4) is 0 Å². The Balaban J connectivity index is 1.74. The van der Waals surface area contributed by atoms with Crippen molar-refractivity contribution in [1.29, 1.82) is 0 Å². The SMILES string of the molecule is CCCCCCCCCOC(=O)C1CCCN1C(=O)c1cccc(C)c1. The highest BCUT2D eigenvalue weighted by atomic mass is 16.5. The van der Waals surface area contributed by atoms with Crippen LogP contribution in [-0.2, 0) is 9.53 Å². The number of benzene rings is 1.